The van der Waals surface area contributed by atoms with Crippen LogP contribution in [-0.4, -0.2) is 10.9 Å². The minimum Gasteiger partial charge on any atom is -0.381 e. The Labute approximate surface area is 95.6 Å². The van der Waals surface area contributed by atoms with Gasteiger partial charge in [-0.3, -0.25) is 4.79 Å². The third kappa shape index (κ3) is 1.81. The highest BCUT2D eigenvalue weighted by molar-refractivity contribution is 6.07. The number of hydrogen-bond acceptors (Lipinski definition) is 2. The zero-order chi connectivity index (χ0) is 11.6. The Hall–Kier alpha value is -1.41. The smallest absolute Gasteiger partial charge is 0.186 e. The SMILES string of the molecule is CCCCC1(O)C=CC(=O)c2ccccc21. The number of benzene rings is 1. The lowest BCUT2D eigenvalue weighted by Gasteiger charge is -2.29. The van der Waals surface area contributed by atoms with Crippen molar-refractivity contribution in [1.29, 1.82) is 0 Å². The lowest BCUT2D eigenvalue weighted by atomic mass is 9.80. The fourth-order valence-electron chi connectivity index (χ4n) is 2.13. The van der Waals surface area contributed by atoms with Crippen LogP contribution in [0.4, 0.5) is 0 Å². The molecular weight excluding hydrogens is 200 g/mol. The molecule has 0 radical (unpaired) electrons. The highest BCUT2D eigenvalue weighted by atomic mass is 16.3. The monoisotopic (exact) mass is 216 g/mol. The van der Waals surface area contributed by atoms with Crippen molar-refractivity contribution in [2.75, 3.05) is 0 Å². The number of hydrogen-bond donors (Lipinski definition) is 1. The lowest BCUT2D eigenvalue weighted by molar-refractivity contribution is 0.0708. The van der Waals surface area contributed by atoms with Gasteiger partial charge in [0, 0.05) is 5.56 Å². The van der Waals surface area contributed by atoms with Crippen molar-refractivity contribution < 1.29 is 9.90 Å². The maximum atomic E-state index is 11.6. The van der Waals surface area contributed by atoms with Crippen LogP contribution in [0.25, 0.3) is 0 Å². The molecule has 1 aromatic carbocycles. The summed E-state index contributed by atoms with van der Waals surface area (Å²) in [7, 11) is 0. The van der Waals surface area contributed by atoms with Gasteiger partial charge in [-0.25, -0.2) is 0 Å². The normalized spacial score (nSPS) is 23.2. The average Bonchev–Trinajstić information content (AvgIpc) is 2.32. The Bertz CT molecular complexity index is 434. The maximum Gasteiger partial charge on any atom is 0.186 e. The van der Waals surface area contributed by atoms with Gasteiger partial charge in [-0.1, -0.05) is 44.0 Å². The summed E-state index contributed by atoms with van der Waals surface area (Å²) < 4.78 is 0. The number of unbranched alkanes of at least 4 members (excludes halogenated alkanes) is 1. The summed E-state index contributed by atoms with van der Waals surface area (Å²) >= 11 is 0. The van der Waals surface area contributed by atoms with Crippen LogP contribution >= 0.6 is 0 Å². The van der Waals surface area contributed by atoms with Crippen molar-refractivity contribution in [1.82, 2.24) is 0 Å². The molecule has 1 unspecified atom stereocenters. The van der Waals surface area contributed by atoms with Crippen LogP contribution in [-0.2, 0) is 5.60 Å². The topological polar surface area (TPSA) is 37.3 Å². The Kier molecular flexibility index (Phi) is 2.92. The Morgan fingerprint density at radius 2 is 2.06 bits per heavy atom. The second-order valence-electron chi connectivity index (χ2n) is 4.27. The number of rotatable bonds is 3. The van der Waals surface area contributed by atoms with E-state index in [1.807, 2.05) is 18.2 Å². The predicted octanol–water partition coefficient (Wildman–Crippen LogP) is 2.82. The first-order chi connectivity index (χ1) is 7.67. The van der Waals surface area contributed by atoms with E-state index in [9.17, 15) is 9.90 Å². The van der Waals surface area contributed by atoms with E-state index in [1.165, 1.54) is 6.08 Å². The molecule has 1 aromatic rings. The third-order valence-corrected chi connectivity index (χ3v) is 3.08. The predicted molar refractivity (Wildman–Crippen MR) is 63.3 cm³/mol. The summed E-state index contributed by atoms with van der Waals surface area (Å²) in [5, 5.41) is 10.5. The highest BCUT2D eigenvalue weighted by Gasteiger charge is 2.32. The molecule has 2 nitrogen and oxygen atoms in total. The van der Waals surface area contributed by atoms with Crippen molar-refractivity contribution in [2.24, 2.45) is 0 Å². The van der Waals surface area contributed by atoms with E-state index in [-0.39, 0.29) is 5.78 Å². The first kappa shape index (κ1) is 11.1. The molecule has 0 aromatic heterocycles. The van der Waals surface area contributed by atoms with Gasteiger partial charge in [0.2, 0.25) is 0 Å². The Balaban J connectivity index is 2.42. The number of carbonyl (C=O) groups is 1. The molecule has 1 atom stereocenters. The van der Waals surface area contributed by atoms with Gasteiger partial charge in [0.25, 0.3) is 0 Å². The summed E-state index contributed by atoms with van der Waals surface area (Å²) in [4.78, 5) is 11.6. The van der Waals surface area contributed by atoms with Crippen LogP contribution in [0, 0.1) is 0 Å². The molecule has 2 rings (SSSR count). The average molecular weight is 216 g/mol. The number of aliphatic hydroxyl groups is 1. The van der Waals surface area contributed by atoms with Gasteiger partial charge < -0.3 is 5.11 Å². The van der Waals surface area contributed by atoms with Crippen LogP contribution in [0.1, 0.15) is 42.1 Å². The first-order valence-electron chi connectivity index (χ1n) is 5.73. The maximum absolute atomic E-state index is 11.6. The van der Waals surface area contributed by atoms with Crippen molar-refractivity contribution >= 4 is 5.78 Å². The van der Waals surface area contributed by atoms with Crippen molar-refractivity contribution in [3.63, 3.8) is 0 Å². The number of allylic oxidation sites excluding steroid dienone is 1. The van der Waals surface area contributed by atoms with E-state index in [0.717, 1.165) is 18.4 Å². The summed E-state index contributed by atoms with van der Waals surface area (Å²) in [6.45, 7) is 2.09. The third-order valence-electron chi connectivity index (χ3n) is 3.08. The molecule has 2 heteroatoms. The fourth-order valence-corrected chi connectivity index (χ4v) is 2.13. The summed E-state index contributed by atoms with van der Waals surface area (Å²) in [5.41, 5.74) is 0.417. The van der Waals surface area contributed by atoms with Crippen LogP contribution in [0.3, 0.4) is 0 Å². The summed E-state index contributed by atoms with van der Waals surface area (Å²) in [6, 6.07) is 7.31. The fraction of sp³-hybridized carbons (Fsp3) is 0.357. The van der Waals surface area contributed by atoms with E-state index in [4.69, 9.17) is 0 Å². The molecular formula is C14H16O2. The largest absolute Gasteiger partial charge is 0.381 e. The highest BCUT2D eigenvalue weighted by Crippen LogP contribution is 2.34. The molecule has 1 N–H and O–H groups in total. The van der Waals surface area contributed by atoms with Gasteiger partial charge in [0.1, 0.15) is 5.60 Å². The van der Waals surface area contributed by atoms with Crippen molar-refractivity contribution in [3.8, 4) is 0 Å². The molecule has 1 aliphatic rings. The van der Waals surface area contributed by atoms with Gasteiger partial charge in [-0.15, -0.1) is 0 Å². The zero-order valence-electron chi connectivity index (χ0n) is 9.44. The summed E-state index contributed by atoms with van der Waals surface area (Å²) in [5.74, 6) is -0.0169. The van der Waals surface area contributed by atoms with E-state index in [0.29, 0.717) is 12.0 Å². The first-order valence-corrected chi connectivity index (χ1v) is 5.73. The van der Waals surface area contributed by atoms with Crippen LogP contribution in [0.15, 0.2) is 36.4 Å². The molecule has 0 spiro atoms. The van der Waals surface area contributed by atoms with Gasteiger partial charge in [0.05, 0.1) is 0 Å². The lowest BCUT2D eigenvalue weighted by Crippen LogP contribution is -2.28. The van der Waals surface area contributed by atoms with Gasteiger partial charge in [-0.05, 0) is 24.1 Å². The van der Waals surface area contributed by atoms with E-state index < -0.39 is 5.60 Å². The molecule has 1 aliphatic carbocycles. The van der Waals surface area contributed by atoms with E-state index >= 15 is 0 Å². The van der Waals surface area contributed by atoms with Crippen molar-refractivity contribution in [3.05, 3.63) is 47.5 Å². The Morgan fingerprint density at radius 3 is 2.81 bits per heavy atom. The molecule has 0 fully saturated rings. The summed E-state index contributed by atoms with van der Waals surface area (Å²) in [6.07, 6.45) is 5.77. The van der Waals surface area contributed by atoms with Gasteiger partial charge in [0.15, 0.2) is 5.78 Å². The van der Waals surface area contributed by atoms with E-state index in [1.54, 1.807) is 12.1 Å². The van der Waals surface area contributed by atoms with Crippen LogP contribution in [0.2, 0.25) is 0 Å². The standard InChI is InChI=1S/C14H16O2/c1-2-3-9-14(16)10-8-13(15)11-6-4-5-7-12(11)14/h4-8,10,16H,2-3,9H2,1H3. The molecule has 16 heavy (non-hydrogen) atoms. The minimum absolute atomic E-state index is 0.0169. The van der Waals surface area contributed by atoms with Crippen LogP contribution in [0.5, 0.6) is 0 Å². The zero-order valence-corrected chi connectivity index (χ0v) is 9.44. The molecule has 0 aliphatic heterocycles. The van der Waals surface area contributed by atoms with Gasteiger partial charge >= 0.3 is 0 Å². The number of fused-ring (bicyclic) bond motifs is 1. The second kappa shape index (κ2) is 4.22. The number of ketones is 1. The molecule has 84 valence electrons. The van der Waals surface area contributed by atoms with Crippen LogP contribution < -0.4 is 0 Å². The van der Waals surface area contributed by atoms with E-state index in [2.05, 4.69) is 6.92 Å². The molecule has 0 amide bonds. The second-order valence-corrected chi connectivity index (χ2v) is 4.27. The number of carbonyl (C=O) groups excluding carboxylic acids is 1. The van der Waals surface area contributed by atoms with Crippen molar-refractivity contribution in [2.45, 2.75) is 31.8 Å². The quantitative estimate of drug-likeness (QED) is 0.843. The molecule has 0 saturated heterocycles. The Morgan fingerprint density at radius 1 is 1.31 bits per heavy atom. The minimum atomic E-state index is -0.958. The van der Waals surface area contributed by atoms with Gasteiger partial charge in [-0.2, -0.15) is 0 Å². The molecule has 0 saturated carbocycles. The molecule has 0 bridgehead atoms. The molecule has 0 heterocycles.